The maximum atomic E-state index is 11.7. The minimum absolute atomic E-state index is 0.154. The lowest BCUT2D eigenvalue weighted by Crippen LogP contribution is -2.07. The molecular formula is C16H16N2O4. The Balaban J connectivity index is 2.30. The van der Waals surface area contributed by atoms with Crippen LogP contribution in [0.15, 0.2) is 36.7 Å². The van der Waals surface area contributed by atoms with E-state index in [1.807, 2.05) is 6.92 Å². The van der Waals surface area contributed by atoms with Crippen LogP contribution >= 0.6 is 0 Å². The zero-order valence-electron chi connectivity index (χ0n) is 12.3. The first-order valence-corrected chi connectivity index (χ1v) is 6.74. The number of hydrogen-bond donors (Lipinski definition) is 2. The molecule has 0 saturated carbocycles. The summed E-state index contributed by atoms with van der Waals surface area (Å²) >= 11 is 0. The van der Waals surface area contributed by atoms with Crippen LogP contribution in [-0.4, -0.2) is 28.6 Å². The van der Waals surface area contributed by atoms with E-state index in [0.717, 1.165) is 5.56 Å². The van der Waals surface area contributed by atoms with Gasteiger partial charge in [-0.05, 0) is 32.0 Å². The van der Waals surface area contributed by atoms with Gasteiger partial charge in [0.2, 0.25) is 0 Å². The molecule has 0 spiro atoms. The topological polar surface area (TPSA) is 88.5 Å². The number of aryl methyl sites for hydroxylation is 1. The summed E-state index contributed by atoms with van der Waals surface area (Å²) in [6, 6.07) is 6.62. The van der Waals surface area contributed by atoms with Crippen LogP contribution in [-0.2, 0) is 4.74 Å². The normalized spacial score (nSPS) is 10.1. The van der Waals surface area contributed by atoms with E-state index in [2.05, 4.69) is 10.3 Å². The first-order valence-electron chi connectivity index (χ1n) is 6.74. The van der Waals surface area contributed by atoms with Crippen molar-refractivity contribution in [3.8, 4) is 0 Å². The summed E-state index contributed by atoms with van der Waals surface area (Å²) in [7, 11) is 0. The van der Waals surface area contributed by atoms with E-state index in [9.17, 15) is 14.7 Å². The molecule has 2 aromatic rings. The Morgan fingerprint density at radius 1 is 1.27 bits per heavy atom. The number of carboxylic acids is 1. The standard InChI is InChI=1S/C16H16N2O4/c1-3-22-16(21)11-7-12(9-17-8-11)18-14-5-4-10(2)6-13(14)15(19)20/h4-9,18H,3H2,1-2H3,(H,19,20). The molecule has 0 saturated heterocycles. The van der Waals surface area contributed by atoms with E-state index in [0.29, 0.717) is 16.9 Å². The fraction of sp³-hybridized carbons (Fsp3) is 0.188. The number of aromatic nitrogens is 1. The monoisotopic (exact) mass is 300 g/mol. The largest absolute Gasteiger partial charge is 0.478 e. The van der Waals surface area contributed by atoms with E-state index < -0.39 is 11.9 Å². The SMILES string of the molecule is CCOC(=O)c1cncc(Nc2ccc(C)cc2C(=O)O)c1. The van der Waals surface area contributed by atoms with Crippen molar-refractivity contribution >= 4 is 23.3 Å². The molecule has 0 aliphatic heterocycles. The Labute approximate surface area is 127 Å². The third-order valence-corrected chi connectivity index (χ3v) is 2.93. The first kappa shape index (κ1) is 15.5. The maximum Gasteiger partial charge on any atom is 0.339 e. The molecule has 0 amide bonds. The second kappa shape index (κ2) is 6.71. The molecule has 0 fully saturated rings. The van der Waals surface area contributed by atoms with Crippen LogP contribution in [0.5, 0.6) is 0 Å². The first-order chi connectivity index (χ1) is 10.5. The van der Waals surface area contributed by atoms with Crippen LogP contribution < -0.4 is 5.32 Å². The Hall–Kier alpha value is -2.89. The molecule has 0 bridgehead atoms. The number of nitrogens with zero attached hydrogens (tertiary/aromatic N) is 1. The van der Waals surface area contributed by atoms with Gasteiger partial charge in [0.1, 0.15) is 0 Å². The fourth-order valence-corrected chi connectivity index (χ4v) is 1.93. The van der Waals surface area contributed by atoms with Gasteiger partial charge in [0.05, 0.1) is 35.3 Å². The maximum absolute atomic E-state index is 11.7. The van der Waals surface area contributed by atoms with Gasteiger partial charge in [0.25, 0.3) is 0 Å². The number of rotatable bonds is 5. The molecule has 0 atom stereocenters. The van der Waals surface area contributed by atoms with Gasteiger partial charge in [-0.25, -0.2) is 9.59 Å². The zero-order valence-corrected chi connectivity index (χ0v) is 12.3. The average Bonchev–Trinajstić information content (AvgIpc) is 2.49. The number of aromatic carboxylic acids is 1. The number of esters is 1. The van der Waals surface area contributed by atoms with Gasteiger partial charge < -0.3 is 15.2 Å². The van der Waals surface area contributed by atoms with E-state index in [1.54, 1.807) is 31.2 Å². The highest BCUT2D eigenvalue weighted by Gasteiger charge is 2.12. The van der Waals surface area contributed by atoms with Crippen molar-refractivity contribution in [3.63, 3.8) is 0 Å². The molecule has 0 unspecified atom stereocenters. The van der Waals surface area contributed by atoms with Gasteiger partial charge in [0.15, 0.2) is 0 Å². The number of nitrogens with one attached hydrogen (secondary N) is 1. The Kier molecular flexibility index (Phi) is 4.73. The lowest BCUT2D eigenvalue weighted by Gasteiger charge is -2.11. The minimum Gasteiger partial charge on any atom is -0.478 e. The second-order valence-electron chi connectivity index (χ2n) is 4.66. The van der Waals surface area contributed by atoms with Crippen LogP contribution in [0.4, 0.5) is 11.4 Å². The number of carboxylic acid groups (broad SMARTS) is 1. The number of hydrogen-bond acceptors (Lipinski definition) is 5. The zero-order chi connectivity index (χ0) is 16.1. The summed E-state index contributed by atoms with van der Waals surface area (Å²) in [6.07, 6.45) is 2.91. The minimum atomic E-state index is -1.03. The van der Waals surface area contributed by atoms with Crippen molar-refractivity contribution in [1.29, 1.82) is 0 Å². The van der Waals surface area contributed by atoms with Gasteiger partial charge in [-0.1, -0.05) is 11.6 Å². The molecule has 0 aliphatic rings. The van der Waals surface area contributed by atoms with Crippen LogP contribution in [0, 0.1) is 6.92 Å². The highest BCUT2D eigenvalue weighted by Crippen LogP contribution is 2.22. The highest BCUT2D eigenvalue weighted by molar-refractivity contribution is 5.96. The van der Waals surface area contributed by atoms with Crippen molar-refractivity contribution in [2.75, 3.05) is 11.9 Å². The molecule has 1 aromatic heterocycles. The van der Waals surface area contributed by atoms with Crippen LogP contribution in [0.2, 0.25) is 0 Å². The van der Waals surface area contributed by atoms with Gasteiger partial charge in [-0.3, -0.25) is 4.98 Å². The molecule has 114 valence electrons. The molecule has 0 radical (unpaired) electrons. The number of benzene rings is 1. The quantitative estimate of drug-likeness (QED) is 0.825. The van der Waals surface area contributed by atoms with E-state index in [4.69, 9.17) is 4.74 Å². The lowest BCUT2D eigenvalue weighted by atomic mass is 10.1. The van der Waals surface area contributed by atoms with Crippen molar-refractivity contribution in [2.24, 2.45) is 0 Å². The third-order valence-electron chi connectivity index (χ3n) is 2.93. The van der Waals surface area contributed by atoms with Crippen molar-refractivity contribution in [3.05, 3.63) is 53.3 Å². The molecule has 0 aliphatic carbocycles. The number of anilines is 2. The van der Waals surface area contributed by atoms with Crippen molar-refractivity contribution in [2.45, 2.75) is 13.8 Å². The number of carbonyl (C=O) groups is 2. The Bertz CT molecular complexity index is 713. The van der Waals surface area contributed by atoms with Crippen LogP contribution in [0.25, 0.3) is 0 Å². The number of pyridine rings is 1. The summed E-state index contributed by atoms with van der Waals surface area (Å²) in [5, 5.41) is 12.2. The third kappa shape index (κ3) is 3.60. The van der Waals surface area contributed by atoms with Crippen LogP contribution in [0.1, 0.15) is 33.2 Å². The summed E-state index contributed by atoms with van der Waals surface area (Å²) in [5.41, 5.74) is 2.25. The smallest absolute Gasteiger partial charge is 0.339 e. The van der Waals surface area contributed by atoms with Gasteiger partial charge in [-0.15, -0.1) is 0 Å². The highest BCUT2D eigenvalue weighted by atomic mass is 16.5. The lowest BCUT2D eigenvalue weighted by molar-refractivity contribution is 0.0525. The second-order valence-corrected chi connectivity index (χ2v) is 4.66. The summed E-state index contributed by atoms with van der Waals surface area (Å²) in [4.78, 5) is 26.9. The van der Waals surface area contributed by atoms with Gasteiger partial charge in [-0.2, -0.15) is 0 Å². The predicted octanol–water partition coefficient (Wildman–Crippen LogP) is 3.01. The molecule has 1 aromatic carbocycles. The van der Waals surface area contributed by atoms with Crippen molar-refractivity contribution < 1.29 is 19.4 Å². The van der Waals surface area contributed by atoms with Crippen LogP contribution in [0.3, 0.4) is 0 Å². The summed E-state index contributed by atoms with van der Waals surface area (Å²) < 4.78 is 4.91. The van der Waals surface area contributed by atoms with Crippen molar-refractivity contribution in [1.82, 2.24) is 4.98 Å². The van der Waals surface area contributed by atoms with Gasteiger partial charge >= 0.3 is 11.9 Å². The molecule has 2 N–H and O–H groups in total. The Morgan fingerprint density at radius 3 is 2.73 bits per heavy atom. The molecular weight excluding hydrogens is 284 g/mol. The molecule has 2 rings (SSSR count). The molecule has 6 heteroatoms. The number of carbonyl (C=O) groups excluding carboxylic acids is 1. The summed E-state index contributed by atoms with van der Waals surface area (Å²) in [6.45, 7) is 3.82. The van der Waals surface area contributed by atoms with E-state index >= 15 is 0 Å². The average molecular weight is 300 g/mol. The summed E-state index contributed by atoms with van der Waals surface area (Å²) in [5.74, 6) is -1.50. The molecule has 1 heterocycles. The van der Waals surface area contributed by atoms with E-state index in [-0.39, 0.29) is 12.2 Å². The predicted molar refractivity (Wildman–Crippen MR) is 81.6 cm³/mol. The van der Waals surface area contributed by atoms with Gasteiger partial charge in [0, 0.05) is 6.20 Å². The fourth-order valence-electron chi connectivity index (χ4n) is 1.93. The number of ether oxygens (including phenoxy) is 1. The molecule has 6 nitrogen and oxygen atoms in total. The Morgan fingerprint density at radius 2 is 2.05 bits per heavy atom. The molecule has 22 heavy (non-hydrogen) atoms. The van der Waals surface area contributed by atoms with E-state index in [1.165, 1.54) is 12.4 Å².